The molecule has 3 N–H and O–H groups in total. The summed E-state index contributed by atoms with van der Waals surface area (Å²) < 4.78 is 6.16. The van der Waals surface area contributed by atoms with E-state index in [1.807, 2.05) is 13.8 Å². The number of amides is 4. The van der Waals surface area contributed by atoms with Crippen molar-refractivity contribution >= 4 is 23.6 Å². The number of likely N-dealkylation sites (N-methyl/N-ethyl adjacent to an activating group) is 2. The molecule has 1 unspecified atom stereocenters. The lowest BCUT2D eigenvalue weighted by atomic mass is 9.99. The van der Waals surface area contributed by atoms with E-state index in [0.717, 1.165) is 25.9 Å². The predicted molar refractivity (Wildman–Crippen MR) is 158 cm³/mol. The molecule has 1 saturated heterocycles. The molecule has 2 aliphatic heterocycles. The Labute approximate surface area is 244 Å². The summed E-state index contributed by atoms with van der Waals surface area (Å²) >= 11 is 0. The van der Waals surface area contributed by atoms with Crippen LogP contribution in [0.2, 0.25) is 0 Å². The van der Waals surface area contributed by atoms with E-state index in [9.17, 15) is 19.2 Å². The molecule has 0 radical (unpaired) electrons. The molecule has 0 aliphatic carbocycles. The second-order valence-corrected chi connectivity index (χ2v) is 12.2. The number of hydrogen-bond acceptors (Lipinski definition) is 6. The summed E-state index contributed by atoms with van der Waals surface area (Å²) in [7, 11) is 1.74. The Hall–Kier alpha value is -3.14. The molecule has 228 valence electrons. The van der Waals surface area contributed by atoms with Crippen LogP contribution in [0.3, 0.4) is 0 Å². The molecule has 4 amide bonds. The lowest BCUT2D eigenvalue weighted by Gasteiger charge is -2.33. The molecule has 10 nitrogen and oxygen atoms in total. The van der Waals surface area contributed by atoms with Crippen molar-refractivity contribution in [1.29, 1.82) is 0 Å². The minimum Gasteiger partial charge on any atom is -0.491 e. The van der Waals surface area contributed by atoms with E-state index in [2.05, 4.69) is 41.6 Å². The van der Waals surface area contributed by atoms with Crippen molar-refractivity contribution in [2.45, 2.75) is 90.9 Å². The van der Waals surface area contributed by atoms with Crippen LogP contribution >= 0.6 is 0 Å². The van der Waals surface area contributed by atoms with Gasteiger partial charge in [-0.05, 0) is 62.7 Å². The number of nitrogens with zero attached hydrogens (tertiary/aromatic N) is 2. The molecule has 2 aliphatic rings. The van der Waals surface area contributed by atoms with Crippen LogP contribution in [0.5, 0.6) is 5.75 Å². The third-order valence-electron chi connectivity index (χ3n) is 7.97. The molecular weight excluding hydrogens is 522 g/mol. The second-order valence-electron chi connectivity index (χ2n) is 12.2. The summed E-state index contributed by atoms with van der Waals surface area (Å²) in [5.41, 5.74) is 0.269. The molecule has 4 atom stereocenters. The Morgan fingerprint density at radius 3 is 2.44 bits per heavy atom. The van der Waals surface area contributed by atoms with Crippen molar-refractivity contribution in [3.63, 3.8) is 0 Å². The number of carbonyl (C=O) groups excluding carboxylic acids is 4. The van der Waals surface area contributed by atoms with E-state index in [1.54, 1.807) is 36.2 Å². The van der Waals surface area contributed by atoms with Crippen molar-refractivity contribution in [2.24, 2.45) is 11.8 Å². The van der Waals surface area contributed by atoms with E-state index < -0.39 is 29.8 Å². The van der Waals surface area contributed by atoms with Crippen molar-refractivity contribution in [2.75, 3.05) is 33.3 Å². The van der Waals surface area contributed by atoms with Gasteiger partial charge in [-0.1, -0.05) is 46.8 Å². The fourth-order valence-corrected chi connectivity index (χ4v) is 5.73. The van der Waals surface area contributed by atoms with Gasteiger partial charge in [0.15, 0.2) is 0 Å². The van der Waals surface area contributed by atoms with E-state index >= 15 is 0 Å². The topological polar surface area (TPSA) is 120 Å². The van der Waals surface area contributed by atoms with Gasteiger partial charge in [-0.2, -0.15) is 0 Å². The second kappa shape index (κ2) is 15.2. The lowest BCUT2D eigenvalue weighted by molar-refractivity contribution is -0.138. The van der Waals surface area contributed by atoms with Crippen molar-refractivity contribution in [3.05, 3.63) is 29.8 Å². The zero-order valence-electron chi connectivity index (χ0n) is 25.6. The Morgan fingerprint density at radius 1 is 1.05 bits per heavy atom. The number of para-hydroxylation sites is 1. The van der Waals surface area contributed by atoms with E-state index in [0.29, 0.717) is 31.1 Å². The largest absolute Gasteiger partial charge is 0.491 e. The van der Waals surface area contributed by atoms with Gasteiger partial charge in [-0.3, -0.25) is 24.1 Å². The number of rotatable bonds is 8. The van der Waals surface area contributed by atoms with Crippen LogP contribution < -0.4 is 20.7 Å². The summed E-state index contributed by atoms with van der Waals surface area (Å²) in [6, 6.07) is 4.94. The number of benzene rings is 1. The number of hydrogen-bond donors (Lipinski definition) is 3. The first-order valence-electron chi connectivity index (χ1n) is 15.1. The average molecular weight is 572 g/mol. The van der Waals surface area contributed by atoms with Gasteiger partial charge in [0.1, 0.15) is 24.4 Å². The summed E-state index contributed by atoms with van der Waals surface area (Å²) in [4.78, 5) is 57.9. The highest BCUT2D eigenvalue weighted by Gasteiger charge is 2.33. The van der Waals surface area contributed by atoms with Crippen molar-refractivity contribution < 1.29 is 23.9 Å². The first kappa shape index (κ1) is 32.4. The highest BCUT2D eigenvalue weighted by Crippen LogP contribution is 2.22. The normalized spacial score (nSPS) is 24.9. The van der Waals surface area contributed by atoms with Gasteiger partial charge in [0, 0.05) is 19.6 Å². The Morgan fingerprint density at radius 2 is 1.76 bits per heavy atom. The minimum atomic E-state index is -1.11. The molecule has 41 heavy (non-hydrogen) atoms. The highest BCUT2D eigenvalue weighted by molar-refractivity contribution is 6.01. The maximum atomic E-state index is 13.7. The number of likely N-dealkylation sites (tertiary alicyclic amines) is 1. The third-order valence-corrected chi connectivity index (χ3v) is 7.97. The van der Waals surface area contributed by atoms with Crippen molar-refractivity contribution in [3.8, 4) is 5.75 Å². The lowest BCUT2D eigenvalue weighted by Crippen LogP contribution is -2.55. The highest BCUT2D eigenvalue weighted by atomic mass is 16.5. The predicted octanol–water partition coefficient (Wildman–Crippen LogP) is 2.57. The SMILES string of the molecule is CCN1CCCC1CNC(=O)[C@@H]1CC(=O)N[C@H](CC(C)C)C(=O)N(C)[C@@H](CC(C)C)COc2ccccc2C(=O)N1. The van der Waals surface area contributed by atoms with Crippen LogP contribution in [0.1, 0.15) is 77.1 Å². The molecule has 0 spiro atoms. The maximum Gasteiger partial charge on any atom is 0.255 e. The number of ether oxygens (including phenoxy) is 1. The van der Waals surface area contributed by atoms with Crippen LogP contribution in [-0.2, 0) is 14.4 Å². The summed E-state index contributed by atoms with van der Waals surface area (Å²) in [5.74, 6) is -0.776. The standard InChI is InChI=1S/C31H49N5O5/c1-7-36-14-10-11-22(36)18-32-30(39)25-17-28(37)33-26(16-21(4)5)31(40)35(6)23(15-20(2)3)19-41-27-13-9-8-12-24(27)29(38)34-25/h8-9,12-13,20-23,25-26H,7,10-11,14-19H2,1-6H3,(H,32,39)(H,33,37)(H,34,38)/t22?,23-,25-,26+/m0/s1. The van der Waals surface area contributed by atoms with Gasteiger partial charge in [0.05, 0.1) is 18.0 Å². The fraction of sp³-hybridized carbons (Fsp3) is 0.677. The zero-order chi connectivity index (χ0) is 30.1. The molecule has 2 heterocycles. The molecule has 10 heteroatoms. The van der Waals surface area contributed by atoms with Gasteiger partial charge in [-0.15, -0.1) is 0 Å². The molecule has 0 aromatic heterocycles. The van der Waals surface area contributed by atoms with E-state index in [4.69, 9.17) is 4.74 Å². The Kier molecular flexibility index (Phi) is 12.0. The summed E-state index contributed by atoms with van der Waals surface area (Å²) in [6.45, 7) is 12.8. The molecule has 3 rings (SSSR count). The molecule has 1 aromatic rings. The van der Waals surface area contributed by atoms with Gasteiger partial charge in [-0.25, -0.2) is 0 Å². The molecular formula is C31H49N5O5. The van der Waals surface area contributed by atoms with Crippen molar-refractivity contribution in [1.82, 2.24) is 25.8 Å². The van der Waals surface area contributed by atoms with Gasteiger partial charge in [0.2, 0.25) is 17.7 Å². The van der Waals surface area contributed by atoms with Gasteiger partial charge in [0.25, 0.3) is 5.91 Å². The Bertz CT molecular complexity index is 1060. The smallest absolute Gasteiger partial charge is 0.255 e. The van der Waals surface area contributed by atoms with Crippen LogP contribution in [0, 0.1) is 11.8 Å². The number of carbonyl (C=O) groups is 4. The Balaban J connectivity index is 1.91. The van der Waals surface area contributed by atoms with Crippen LogP contribution in [-0.4, -0.2) is 90.9 Å². The minimum absolute atomic E-state index is 0.148. The van der Waals surface area contributed by atoms with Crippen LogP contribution in [0.25, 0.3) is 0 Å². The fourth-order valence-electron chi connectivity index (χ4n) is 5.73. The molecule has 1 aromatic carbocycles. The third kappa shape index (κ3) is 9.18. The first-order valence-corrected chi connectivity index (χ1v) is 15.1. The van der Waals surface area contributed by atoms with Crippen LogP contribution in [0.4, 0.5) is 0 Å². The van der Waals surface area contributed by atoms with Crippen LogP contribution in [0.15, 0.2) is 24.3 Å². The monoisotopic (exact) mass is 571 g/mol. The van der Waals surface area contributed by atoms with E-state index in [-0.39, 0.29) is 42.5 Å². The van der Waals surface area contributed by atoms with Gasteiger partial charge < -0.3 is 25.6 Å². The number of fused-ring (bicyclic) bond motifs is 1. The first-order chi connectivity index (χ1) is 19.5. The summed E-state index contributed by atoms with van der Waals surface area (Å²) in [5, 5.41) is 8.61. The molecule has 0 saturated carbocycles. The zero-order valence-corrected chi connectivity index (χ0v) is 25.6. The maximum absolute atomic E-state index is 13.7. The van der Waals surface area contributed by atoms with E-state index in [1.165, 1.54) is 0 Å². The average Bonchev–Trinajstić information content (AvgIpc) is 3.39. The van der Waals surface area contributed by atoms with Gasteiger partial charge >= 0.3 is 0 Å². The number of nitrogens with one attached hydrogen (secondary N) is 3. The quantitative estimate of drug-likeness (QED) is 0.441. The molecule has 0 bridgehead atoms. The summed E-state index contributed by atoms with van der Waals surface area (Å²) in [6.07, 6.45) is 2.91. The molecule has 1 fully saturated rings.